The quantitative estimate of drug-likeness (QED) is 0.487. The summed E-state index contributed by atoms with van der Waals surface area (Å²) >= 11 is 0. The highest BCUT2D eigenvalue weighted by atomic mass is 19.3. The van der Waals surface area contributed by atoms with Crippen molar-refractivity contribution in [3.8, 4) is 17.1 Å². The molecule has 0 bridgehead atoms. The van der Waals surface area contributed by atoms with Gasteiger partial charge in [-0.2, -0.15) is 13.3 Å². The monoisotopic (exact) mass is 399 g/mol. The van der Waals surface area contributed by atoms with Gasteiger partial charge in [-0.1, -0.05) is 24.3 Å². The van der Waals surface area contributed by atoms with E-state index in [1.54, 1.807) is 42.5 Å². The van der Waals surface area contributed by atoms with E-state index in [2.05, 4.69) is 20.0 Å². The predicted octanol–water partition coefficient (Wildman–Crippen LogP) is 4.17. The molecule has 148 valence electrons. The zero-order valence-electron chi connectivity index (χ0n) is 15.3. The van der Waals surface area contributed by atoms with Gasteiger partial charge in [0.1, 0.15) is 17.4 Å². The summed E-state index contributed by atoms with van der Waals surface area (Å²) in [7, 11) is 1.84. The van der Waals surface area contributed by atoms with E-state index in [1.807, 2.05) is 11.9 Å². The molecule has 2 heterocycles. The van der Waals surface area contributed by atoms with Crippen LogP contribution < -0.4 is 9.64 Å². The Morgan fingerprint density at radius 3 is 2.48 bits per heavy atom. The van der Waals surface area contributed by atoms with Crippen LogP contribution in [0.2, 0.25) is 0 Å². The van der Waals surface area contributed by atoms with Gasteiger partial charge < -0.3 is 9.64 Å². The largest absolute Gasteiger partial charge is 0.435 e. The van der Waals surface area contributed by atoms with Crippen molar-refractivity contribution in [1.29, 1.82) is 0 Å². The molecule has 9 heteroatoms. The van der Waals surface area contributed by atoms with E-state index in [4.69, 9.17) is 0 Å². The van der Waals surface area contributed by atoms with Gasteiger partial charge in [-0.25, -0.2) is 4.39 Å². The Kier molecular flexibility index (Phi) is 5.03. The van der Waals surface area contributed by atoms with Crippen molar-refractivity contribution in [2.75, 3.05) is 11.9 Å². The Balaban J connectivity index is 1.59. The number of hydrogen-bond acceptors (Lipinski definition) is 5. The lowest BCUT2D eigenvalue weighted by Gasteiger charge is -2.18. The summed E-state index contributed by atoms with van der Waals surface area (Å²) in [6.45, 7) is -2.38. The first-order valence-electron chi connectivity index (χ1n) is 8.73. The Bertz CT molecular complexity index is 1130. The van der Waals surface area contributed by atoms with Gasteiger partial charge in [0.05, 0.1) is 5.56 Å². The average molecular weight is 399 g/mol. The second-order valence-corrected chi connectivity index (χ2v) is 6.34. The maximum Gasteiger partial charge on any atom is 0.387 e. The van der Waals surface area contributed by atoms with Crippen molar-refractivity contribution in [2.45, 2.75) is 13.2 Å². The minimum absolute atomic E-state index is 0.102. The fourth-order valence-corrected chi connectivity index (χ4v) is 2.92. The standard InChI is InChI=1S/C20H16F3N5O/c1-27(12-13-6-8-14(9-7-13)29-20(22)23)18-11-10-17-24-25-19(28(17)26-18)15-4-2-3-5-16(15)21/h2-11,20H,12H2,1H3. The molecule has 0 unspecified atom stereocenters. The van der Waals surface area contributed by atoms with Gasteiger partial charge in [0.25, 0.3) is 0 Å². The SMILES string of the molecule is CN(Cc1ccc(OC(F)F)cc1)c1ccc2nnc(-c3ccccc3F)n2n1. The molecule has 2 aromatic carbocycles. The van der Waals surface area contributed by atoms with Crippen LogP contribution in [0.15, 0.2) is 60.7 Å². The number of fused-ring (bicyclic) bond motifs is 1. The van der Waals surface area contributed by atoms with Crippen molar-refractivity contribution in [1.82, 2.24) is 19.8 Å². The molecule has 4 aromatic rings. The van der Waals surface area contributed by atoms with Crippen LogP contribution in [0.5, 0.6) is 5.75 Å². The predicted molar refractivity (Wildman–Crippen MR) is 101 cm³/mol. The summed E-state index contributed by atoms with van der Waals surface area (Å²) in [5.41, 5.74) is 1.69. The van der Waals surface area contributed by atoms with E-state index < -0.39 is 12.4 Å². The minimum atomic E-state index is -2.85. The topological polar surface area (TPSA) is 55.5 Å². The number of ether oxygens (including phenoxy) is 1. The van der Waals surface area contributed by atoms with Crippen LogP contribution >= 0.6 is 0 Å². The van der Waals surface area contributed by atoms with E-state index in [1.165, 1.54) is 22.7 Å². The summed E-state index contributed by atoms with van der Waals surface area (Å²) in [4.78, 5) is 1.87. The third kappa shape index (κ3) is 3.98. The molecule has 0 radical (unpaired) electrons. The number of alkyl halides is 2. The highest BCUT2D eigenvalue weighted by molar-refractivity contribution is 5.60. The Morgan fingerprint density at radius 2 is 1.76 bits per heavy atom. The zero-order valence-corrected chi connectivity index (χ0v) is 15.3. The third-order valence-corrected chi connectivity index (χ3v) is 4.32. The summed E-state index contributed by atoms with van der Waals surface area (Å²) in [6.07, 6.45) is 0. The Morgan fingerprint density at radius 1 is 1.00 bits per heavy atom. The first-order valence-corrected chi connectivity index (χ1v) is 8.73. The van der Waals surface area contributed by atoms with Gasteiger partial charge in [0.15, 0.2) is 11.5 Å². The molecule has 0 atom stereocenters. The maximum atomic E-state index is 14.2. The van der Waals surface area contributed by atoms with Crippen LogP contribution in [0, 0.1) is 5.82 Å². The molecule has 0 amide bonds. The highest BCUT2D eigenvalue weighted by Crippen LogP contribution is 2.23. The van der Waals surface area contributed by atoms with Crippen LogP contribution in [0.3, 0.4) is 0 Å². The van der Waals surface area contributed by atoms with Crippen LogP contribution in [0.25, 0.3) is 17.0 Å². The number of rotatable bonds is 6. The van der Waals surface area contributed by atoms with Crippen LogP contribution in [0.1, 0.15) is 5.56 Å². The van der Waals surface area contributed by atoms with Gasteiger partial charge in [-0.15, -0.1) is 15.3 Å². The van der Waals surface area contributed by atoms with E-state index in [-0.39, 0.29) is 5.75 Å². The van der Waals surface area contributed by atoms with Crippen molar-refractivity contribution in [2.24, 2.45) is 0 Å². The minimum Gasteiger partial charge on any atom is -0.435 e. The molecule has 0 fully saturated rings. The summed E-state index contributed by atoms with van der Waals surface area (Å²) in [6, 6.07) is 16.2. The third-order valence-electron chi connectivity index (χ3n) is 4.32. The molecule has 29 heavy (non-hydrogen) atoms. The first kappa shape index (κ1) is 18.7. The molecular weight excluding hydrogens is 383 g/mol. The first-order chi connectivity index (χ1) is 14.0. The lowest BCUT2D eigenvalue weighted by molar-refractivity contribution is -0.0498. The van der Waals surface area contributed by atoms with Crippen LogP contribution in [-0.2, 0) is 6.54 Å². The van der Waals surface area contributed by atoms with E-state index in [0.29, 0.717) is 29.4 Å². The lowest BCUT2D eigenvalue weighted by Crippen LogP contribution is -2.18. The molecule has 6 nitrogen and oxygen atoms in total. The lowest BCUT2D eigenvalue weighted by atomic mass is 10.2. The number of anilines is 1. The Labute approximate surface area is 164 Å². The summed E-state index contributed by atoms with van der Waals surface area (Å²) in [5, 5.41) is 12.6. The van der Waals surface area contributed by atoms with E-state index >= 15 is 0 Å². The fourth-order valence-electron chi connectivity index (χ4n) is 2.92. The van der Waals surface area contributed by atoms with Gasteiger partial charge in [0.2, 0.25) is 0 Å². The average Bonchev–Trinajstić information content (AvgIpc) is 3.12. The molecule has 0 aliphatic carbocycles. The number of nitrogens with zero attached hydrogens (tertiary/aromatic N) is 5. The van der Waals surface area contributed by atoms with Crippen LogP contribution in [0.4, 0.5) is 19.0 Å². The second kappa shape index (κ2) is 7.78. The molecule has 2 aromatic heterocycles. The fraction of sp³-hybridized carbons (Fsp3) is 0.150. The second-order valence-electron chi connectivity index (χ2n) is 6.34. The van der Waals surface area contributed by atoms with Gasteiger partial charge >= 0.3 is 6.61 Å². The number of halogens is 3. The van der Waals surface area contributed by atoms with Gasteiger partial charge in [0, 0.05) is 13.6 Å². The van der Waals surface area contributed by atoms with Gasteiger partial charge in [-0.05, 0) is 42.0 Å². The van der Waals surface area contributed by atoms with Crippen molar-refractivity contribution < 1.29 is 17.9 Å². The normalized spacial score (nSPS) is 11.2. The molecule has 0 N–H and O–H groups in total. The molecule has 4 rings (SSSR count). The highest BCUT2D eigenvalue weighted by Gasteiger charge is 2.15. The molecule has 0 spiro atoms. The molecule has 0 aliphatic heterocycles. The number of aromatic nitrogens is 4. The zero-order chi connectivity index (χ0) is 20.4. The molecule has 0 saturated carbocycles. The van der Waals surface area contributed by atoms with Crippen LogP contribution in [-0.4, -0.2) is 33.5 Å². The van der Waals surface area contributed by atoms with Gasteiger partial charge in [-0.3, -0.25) is 0 Å². The Hall–Kier alpha value is -3.62. The summed E-state index contributed by atoms with van der Waals surface area (Å²) < 4.78 is 44.5. The smallest absolute Gasteiger partial charge is 0.387 e. The number of hydrogen-bond donors (Lipinski definition) is 0. The molecule has 0 aliphatic rings. The number of benzene rings is 2. The van der Waals surface area contributed by atoms with Crippen molar-refractivity contribution >= 4 is 11.5 Å². The molecule has 0 saturated heterocycles. The van der Waals surface area contributed by atoms with Crippen molar-refractivity contribution in [3.63, 3.8) is 0 Å². The summed E-state index contributed by atoms with van der Waals surface area (Å²) in [5.74, 6) is 0.614. The van der Waals surface area contributed by atoms with Crippen molar-refractivity contribution in [3.05, 3.63) is 72.0 Å². The maximum absolute atomic E-state index is 14.2. The molecular formula is C20H16F3N5O. The van der Waals surface area contributed by atoms with E-state index in [9.17, 15) is 13.2 Å². The van der Waals surface area contributed by atoms with E-state index in [0.717, 1.165) is 5.56 Å².